The third-order valence-corrected chi connectivity index (χ3v) is 3.58. The smallest absolute Gasteiger partial charge is 0.423 e. The minimum atomic E-state index is -4.48. The molecule has 0 aliphatic carbocycles. The largest absolute Gasteiger partial charge is 0.491 e. The zero-order chi connectivity index (χ0) is 15.2. The Kier molecular flexibility index (Phi) is 3.43. The van der Waals surface area contributed by atoms with E-state index in [0.29, 0.717) is 11.0 Å². The number of benzene rings is 1. The van der Waals surface area contributed by atoms with Crippen molar-refractivity contribution in [1.29, 1.82) is 0 Å². The first kappa shape index (κ1) is 14.4. The fourth-order valence-electron chi connectivity index (χ4n) is 2.21. The molecule has 8 heteroatoms. The zero-order valence-corrected chi connectivity index (χ0v) is 11.2. The molecular weight excluding hydrogens is 305 g/mol. The van der Waals surface area contributed by atoms with Crippen LogP contribution in [0.25, 0.3) is 11.1 Å². The molecule has 0 unspecified atom stereocenters. The number of hydrogen-bond donors (Lipinski definition) is 1. The van der Waals surface area contributed by atoms with Crippen molar-refractivity contribution in [2.45, 2.75) is 12.8 Å². The van der Waals surface area contributed by atoms with Crippen molar-refractivity contribution >= 4 is 24.2 Å². The highest BCUT2D eigenvalue weighted by Crippen LogP contribution is 2.34. The maximum atomic E-state index is 12.7. The average Bonchev–Trinajstić information content (AvgIpc) is 2.78. The van der Waals surface area contributed by atoms with Gasteiger partial charge in [-0.25, -0.2) is 0 Å². The van der Waals surface area contributed by atoms with Crippen LogP contribution in [0.3, 0.4) is 0 Å². The van der Waals surface area contributed by atoms with Gasteiger partial charge in [0.05, 0.1) is 12.2 Å². The summed E-state index contributed by atoms with van der Waals surface area (Å²) in [4.78, 5) is 3.61. The first-order valence-electron chi connectivity index (χ1n) is 6.01. The normalized spacial score (nSPS) is 14.4. The Bertz CT molecular complexity index is 708. The number of hydrogen-bond acceptors (Lipinski definition) is 3. The van der Waals surface area contributed by atoms with E-state index in [1.807, 2.05) is 0 Å². The second-order valence-corrected chi connectivity index (χ2v) is 5.06. The second kappa shape index (κ2) is 5.01. The van der Waals surface area contributed by atoms with Crippen molar-refractivity contribution in [2.75, 3.05) is 0 Å². The highest BCUT2D eigenvalue weighted by atomic mass is 35.5. The summed E-state index contributed by atoms with van der Waals surface area (Å²) in [7, 11) is -1.09. The molecular formula is C13H8BClF3NO2. The van der Waals surface area contributed by atoms with Gasteiger partial charge in [0.25, 0.3) is 0 Å². The van der Waals surface area contributed by atoms with Crippen LogP contribution in [0.5, 0.6) is 0 Å². The van der Waals surface area contributed by atoms with E-state index in [4.69, 9.17) is 16.3 Å². The molecule has 0 saturated heterocycles. The van der Waals surface area contributed by atoms with E-state index in [-0.39, 0.29) is 17.2 Å². The van der Waals surface area contributed by atoms with Crippen molar-refractivity contribution in [2.24, 2.45) is 0 Å². The molecule has 2 aromatic rings. The SMILES string of the molecule is OB1OCc2cc(Cl)c(-c3cncc(C(F)(F)F)c3)cc21. The molecule has 0 amide bonds. The molecule has 1 aromatic heterocycles. The zero-order valence-electron chi connectivity index (χ0n) is 10.5. The van der Waals surface area contributed by atoms with Crippen LogP contribution in [-0.2, 0) is 17.4 Å². The molecule has 1 aliphatic heterocycles. The van der Waals surface area contributed by atoms with Gasteiger partial charge in [0.2, 0.25) is 0 Å². The van der Waals surface area contributed by atoms with E-state index in [1.165, 1.54) is 12.3 Å². The fraction of sp³-hybridized carbons (Fsp3) is 0.154. The molecule has 1 aliphatic rings. The van der Waals surface area contributed by atoms with Crippen LogP contribution in [-0.4, -0.2) is 17.1 Å². The lowest BCUT2D eigenvalue weighted by atomic mass is 9.78. The van der Waals surface area contributed by atoms with Gasteiger partial charge in [-0.2, -0.15) is 13.2 Å². The standard InChI is InChI=1S/C13H8BClF3NO2/c15-12-2-8-6-21-14(20)11(8)3-10(12)7-1-9(5-19-4-7)13(16,17)18/h1-5,20H,6H2. The molecule has 0 atom stereocenters. The molecule has 0 saturated carbocycles. The maximum absolute atomic E-state index is 12.7. The van der Waals surface area contributed by atoms with Crippen LogP contribution < -0.4 is 5.46 Å². The Morgan fingerprint density at radius 1 is 1.24 bits per heavy atom. The molecule has 1 N–H and O–H groups in total. The molecule has 0 fully saturated rings. The maximum Gasteiger partial charge on any atom is 0.491 e. The van der Waals surface area contributed by atoms with E-state index in [1.54, 1.807) is 6.07 Å². The molecule has 0 radical (unpaired) electrons. The number of rotatable bonds is 1. The van der Waals surface area contributed by atoms with Crippen molar-refractivity contribution < 1.29 is 22.8 Å². The van der Waals surface area contributed by atoms with Gasteiger partial charge in [-0.1, -0.05) is 17.7 Å². The number of aromatic nitrogens is 1. The number of pyridine rings is 1. The molecule has 3 nitrogen and oxygen atoms in total. The van der Waals surface area contributed by atoms with Crippen molar-refractivity contribution in [3.63, 3.8) is 0 Å². The predicted octanol–water partition coefficient (Wildman–Crippen LogP) is 2.64. The quantitative estimate of drug-likeness (QED) is 0.823. The summed E-state index contributed by atoms with van der Waals surface area (Å²) in [6.07, 6.45) is -2.43. The van der Waals surface area contributed by atoms with Crippen LogP contribution in [0.2, 0.25) is 5.02 Å². The van der Waals surface area contributed by atoms with Crippen LogP contribution in [0.1, 0.15) is 11.1 Å². The summed E-state index contributed by atoms with van der Waals surface area (Å²) in [5, 5.41) is 9.95. The van der Waals surface area contributed by atoms with Gasteiger partial charge >= 0.3 is 13.3 Å². The third kappa shape index (κ3) is 2.64. The lowest BCUT2D eigenvalue weighted by Gasteiger charge is -2.11. The van der Waals surface area contributed by atoms with Gasteiger partial charge in [0.1, 0.15) is 0 Å². The Hall–Kier alpha value is -1.57. The van der Waals surface area contributed by atoms with Gasteiger partial charge in [-0.3, -0.25) is 4.98 Å². The molecule has 108 valence electrons. The lowest BCUT2D eigenvalue weighted by molar-refractivity contribution is -0.137. The van der Waals surface area contributed by atoms with Gasteiger partial charge in [-0.05, 0) is 23.2 Å². The molecule has 0 spiro atoms. The number of fused-ring (bicyclic) bond motifs is 1. The minimum Gasteiger partial charge on any atom is -0.423 e. The third-order valence-electron chi connectivity index (χ3n) is 3.27. The van der Waals surface area contributed by atoms with E-state index >= 15 is 0 Å². The predicted molar refractivity (Wildman–Crippen MR) is 72.1 cm³/mol. The van der Waals surface area contributed by atoms with Crippen LogP contribution in [0.4, 0.5) is 13.2 Å². The topological polar surface area (TPSA) is 42.4 Å². The van der Waals surface area contributed by atoms with E-state index in [0.717, 1.165) is 17.8 Å². The van der Waals surface area contributed by atoms with Crippen molar-refractivity contribution in [3.8, 4) is 11.1 Å². The summed E-state index contributed by atoms with van der Waals surface area (Å²) in [5.41, 5.74) is 0.978. The molecule has 2 heterocycles. The summed E-state index contributed by atoms with van der Waals surface area (Å²) in [6, 6.07) is 4.10. The van der Waals surface area contributed by atoms with Gasteiger partial charge in [-0.15, -0.1) is 0 Å². The molecule has 1 aromatic carbocycles. The Morgan fingerprint density at radius 2 is 2.00 bits per heavy atom. The van der Waals surface area contributed by atoms with Crippen LogP contribution in [0, 0.1) is 0 Å². The Labute approximate surface area is 123 Å². The monoisotopic (exact) mass is 313 g/mol. The lowest BCUT2D eigenvalue weighted by Crippen LogP contribution is -2.28. The minimum absolute atomic E-state index is 0.220. The first-order valence-corrected chi connectivity index (χ1v) is 6.38. The summed E-state index contributed by atoms with van der Waals surface area (Å²) in [6.45, 7) is 0.220. The van der Waals surface area contributed by atoms with Crippen LogP contribution in [0.15, 0.2) is 30.6 Å². The summed E-state index contributed by atoms with van der Waals surface area (Å²) in [5.74, 6) is 0. The van der Waals surface area contributed by atoms with E-state index < -0.39 is 18.9 Å². The summed E-state index contributed by atoms with van der Waals surface area (Å²) < 4.78 is 43.2. The Morgan fingerprint density at radius 3 is 2.71 bits per heavy atom. The van der Waals surface area contributed by atoms with Crippen molar-refractivity contribution in [3.05, 3.63) is 46.7 Å². The second-order valence-electron chi connectivity index (χ2n) is 4.65. The van der Waals surface area contributed by atoms with Crippen LogP contribution >= 0.6 is 11.6 Å². The fourth-order valence-corrected chi connectivity index (χ4v) is 2.50. The number of halogens is 4. The van der Waals surface area contributed by atoms with E-state index in [9.17, 15) is 18.2 Å². The van der Waals surface area contributed by atoms with Gasteiger partial charge < -0.3 is 9.68 Å². The highest BCUT2D eigenvalue weighted by Gasteiger charge is 2.32. The van der Waals surface area contributed by atoms with Gasteiger partial charge in [0, 0.05) is 28.5 Å². The highest BCUT2D eigenvalue weighted by molar-refractivity contribution is 6.61. The first-order chi connectivity index (χ1) is 9.86. The molecule has 0 bridgehead atoms. The Balaban J connectivity index is 2.11. The summed E-state index contributed by atoms with van der Waals surface area (Å²) >= 11 is 6.11. The average molecular weight is 313 g/mol. The molecule has 3 rings (SSSR count). The van der Waals surface area contributed by atoms with Crippen molar-refractivity contribution in [1.82, 2.24) is 4.98 Å². The number of nitrogens with zero attached hydrogens (tertiary/aromatic N) is 1. The van der Waals surface area contributed by atoms with Gasteiger partial charge in [0.15, 0.2) is 0 Å². The number of alkyl halides is 3. The molecule has 21 heavy (non-hydrogen) atoms. The van der Waals surface area contributed by atoms with E-state index in [2.05, 4.69) is 4.98 Å².